The highest BCUT2D eigenvalue weighted by Gasteiger charge is 2.44. The van der Waals surface area contributed by atoms with Crippen molar-refractivity contribution in [3.8, 4) is 0 Å². The van der Waals surface area contributed by atoms with Crippen LogP contribution in [0.15, 0.2) is 24.3 Å². The first-order valence-corrected chi connectivity index (χ1v) is 6.07. The summed E-state index contributed by atoms with van der Waals surface area (Å²) < 4.78 is 0. The van der Waals surface area contributed by atoms with Gasteiger partial charge in [0.1, 0.15) is 0 Å². The molecule has 86 valence electrons. The molecule has 3 heteroatoms. The van der Waals surface area contributed by atoms with Crippen molar-refractivity contribution in [2.45, 2.75) is 31.6 Å². The van der Waals surface area contributed by atoms with Crippen molar-refractivity contribution in [2.24, 2.45) is 0 Å². The lowest BCUT2D eigenvalue weighted by molar-refractivity contribution is -0.120. The van der Waals surface area contributed by atoms with E-state index in [0.29, 0.717) is 6.42 Å². The molecule has 1 N–H and O–H groups in total. The molecule has 1 saturated carbocycles. The molecule has 0 aromatic heterocycles. The summed E-state index contributed by atoms with van der Waals surface area (Å²) in [5.41, 5.74) is 1.46. The lowest BCUT2D eigenvalue weighted by Gasteiger charge is -2.16. The molecule has 2 rings (SSSR count). The Bertz CT molecular complexity index is 381. The molecule has 1 aromatic rings. The molecular formula is C13H16ClNO. The Morgan fingerprint density at radius 2 is 2.00 bits per heavy atom. The average molecular weight is 238 g/mol. The standard InChI is InChI=1S/C13H16ClNO/c1-2-12(16)15-9-13(7-8-13)10-3-5-11(14)6-4-10/h3-6H,2,7-9H2,1H3,(H,15,16). The van der Waals surface area contributed by atoms with E-state index in [1.165, 1.54) is 5.56 Å². The monoisotopic (exact) mass is 237 g/mol. The Labute approximate surface area is 101 Å². The zero-order valence-corrected chi connectivity index (χ0v) is 10.2. The van der Waals surface area contributed by atoms with Crippen molar-refractivity contribution >= 4 is 17.5 Å². The van der Waals surface area contributed by atoms with Crippen molar-refractivity contribution in [3.63, 3.8) is 0 Å². The number of carbonyl (C=O) groups excluding carboxylic acids is 1. The molecule has 1 aliphatic rings. The van der Waals surface area contributed by atoms with E-state index in [-0.39, 0.29) is 11.3 Å². The van der Waals surface area contributed by atoms with E-state index >= 15 is 0 Å². The number of hydrogen-bond acceptors (Lipinski definition) is 1. The molecule has 1 amide bonds. The van der Waals surface area contributed by atoms with Gasteiger partial charge in [-0.1, -0.05) is 30.7 Å². The summed E-state index contributed by atoms with van der Waals surface area (Å²) in [5.74, 6) is 0.125. The smallest absolute Gasteiger partial charge is 0.219 e. The Morgan fingerprint density at radius 3 is 2.50 bits per heavy atom. The SMILES string of the molecule is CCC(=O)NCC1(c2ccc(Cl)cc2)CC1. The molecule has 0 unspecified atom stereocenters. The third kappa shape index (κ3) is 2.38. The van der Waals surface area contributed by atoms with E-state index in [9.17, 15) is 4.79 Å². The maximum absolute atomic E-state index is 11.2. The molecule has 1 aromatic carbocycles. The zero-order chi connectivity index (χ0) is 11.6. The third-order valence-corrected chi connectivity index (χ3v) is 3.51. The Kier molecular flexibility index (Phi) is 3.20. The molecule has 0 radical (unpaired) electrons. The van der Waals surface area contributed by atoms with Crippen LogP contribution in [0.2, 0.25) is 5.02 Å². The highest BCUT2D eigenvalue weighted by molar-refractivity contribution is 6.30. The van der Waals surface area contributed by atoms with Crippen molar-refractivity contribution < 1.29 is 4.79 Å². The van der Waals surface area contributed by atoms with Crippen molar-refractivity contribution in [1.29, 1.82) is 0 Å². The minimum absolute atomic E-state index is 0.125. The second-order valence-electron chi connectivity index (χ2n) is 4.42. The molecule has 0 atom stereocenters. The van der Waals surface area contributed by atoms with Gasteiger partial charge in [0.25, 0.3) is 0 Å². The topological polar surface area (TPSA) is 29.1 Å². The van der Waals surface area contributed by atoms with Gasteiger partial charge in [0.2, 0.25) is 5.91 Å². The van der Waals surface area contributed by atoms with Crippen LogP contribution in [0, 0.1) is 0 Å². The lowest BCUT2D eigenvalue weighted by atomic mass is 9.96. The normalized spacial score (nSPS) is 16.9. The average Bonchev–Trinajstić information content (AvgIpc) is 3.08. The van der Waals surface area contributed by atoms with E-state index < -0.39 is 0 Å². The van der Waals surface area contributed by atoms with Gasteiger partial charge in [0.05, 0.1) is 0 Å². The third-order valence-electron chi connectivity index (χ3n) is 3.26. The fourth-order valence-corrected chi connectivity index (χ4v) is 2.04. The molecule has 0 spiro atoms. The minimum Gasteiger partial charge on any atom is -0.355 e. The minimum atomic E-state index is 0.125. The summed E-state index contributed by atoms with van der Waals surface area (Å²) in [6, 6.07) is 7.96. The first-order valence-electron chi connectivity index (χ1n) is 5.69. The predicted molar refractivity (Wildman–Crippen MR) is 65.7 cm³/mol. The van der Waals surface area contributed by atoms with Crippen molar-refractivity contribution in [1.82, 2.24) is 5.32 Å². The van der Waals surface area contributed by atoms with Crippen LogP contribution >= 0.6 is 11.6 Å². The Hall–Kier alpha value is -1.02. The van der Waals surface area contributed by atoms with Crippen LogP contribution in [0.3, 0.4) is 0 Å². The van der Waals surface area contributed by atoms with E-state index in [1.807, 2.05) is 19.1 Å². The second kappa shape index (κ2) is 4.46. The molecule has 2 nitrogen and oxygen atoms in total. The number of nitrogens with one attached hydrogen (secondary N) is 1. The van der Waals surface area contributed by atoms with Crippen LogP contribution < -0.4 is 5.32 Å². The summed E-state index contributed by atoms with van der Waals surface area (Å²) in [4.78, 5) is 11.2. The summed E-state index contributed by atoms with van der Waals surface area (Å²) in [7, 11) is 0. The fraction of sp³-hybridized carbons (Fsp3) is 0.462. The number of halogens is 1. The van der Waals surface area contributed by atoms with Gasteiger partial charge in [-0.2, -0.15) is 0 Å². The molecule has 0 bridgehead atoms. The summed E-state index contributed by atoms with van der Waals surface area (Å²) in [6.07, 6.45) is 2.86. The van der Waals surface area contributed by atoms with Crippen molar-refractivity contribution in [2.75, 3.05) is 6.54 Å². The number of rotatable bonds is 4. The van der Waals surface area contributed by atoms with E-state index in [0.717, 1.165) is 24.4 Å². The van der Waals surface area contributed by atoms with Gasteiger partial charge in [-0.3, -0.25) is 4.79 Å². The Balaban J connectivity index is 2.02. The maximum atomic E-state index is 11.2. The zero-order valence-electron chi connectivity index (χ0n) is 9.42. The quantitative estimate of drug-likeness (QED) is 0.857. The number of benzene rings is 1. The van der Waals surface area contributed by atoms with Crippen LogP contribution in [0.4, 0.5) is 0 Å². The van der Waals surface area contributed by atoms with E-state index in [4.69, 9.17) is 11.6 Å². The van der Waals surface area contributed by atoms with Crippen molar-refractivity contribution in [3.05, 3.63) is 34.9 Å². The molecule has 1 aliphatic carbocycles. The van der Waals surface area contributed by atoms with Gasteiger partial charge in [0.15, 0.2) is 0 Å². The predicted octanol–water partition coefficient (Wildman–Crippen LogP) is 2.90. The number of carbonyl (C=O) groups is 1. The summed E-state index contributed by atoms with van der Waals surface area (Å²) in [5, 5.41) is 3.74. The summed E-state index contributed by atoms with van der Waals surface area (Å²) >= 11 is 5.86. The lowest BCUT2D eigenvalue weighted by Crippen LogP contribution is -2.31. The first-order chi connectivity index (χ1) is 7.66. The molecular weight excluding hydrogens is 222 g/mol. The largest absolute Gasteiger partial charge is 0.355 e. The Morgan fingerprint density at radius 1 is 1.38 bits per heavy atom. The van der Waals surface area contributed by atoms with Crippen LogP contribution in [0.25, 0.3) is 0 Å². The molecule has 0 saturated heterocycles. The van der Waals surface area contributed by atoms with Gasteiger partial charge >= 0.3 is 0 Å². The summed E-state index contributed by atoms with van der Waals surface area (Å²) in [6.45, 7) is 2.62. The van der Waals surface area contributed by atoms with Gasteiger partial charge in [0, 0.05) is 23.4 Å². The first kappa shape index (κ1) is 11.5. The molecule has 1 fully saturated rings. The fourth-order valence-electron chi connectivity index (χ4n) is 1.91. The number of hydrogen-bond donors (Lipinski definition) is 1. The van der Waals surface area contributed by atoms with E-state index in [2.05, 4.69) is 17.4 Å². The number of amides is 1. The van der Waals surface area contributed by atoms with E-state index in [1.54, 1.807) is 0 Å². The van der Waals surface area contributed by atoms with Crippen LogP contribution in [-0.4, -0.2) is 12.5 Å². The molecule has 16 heavy (non-hydrogen) atoms. The van der Waals surface area contributed by atoms with Gasteiger partial charge in [-0.15, -0.1) is 0 Å². The second-order valence-corrected chi connectivity index (χ2v) is 4.85. The van der Waals surface area contributed by atoms with Crippen LogP contribution in [-0.2, 0) is 10.2 Å². The maximum Gasteiger partial charge on any atom is 0.219 e. The molecule has 0 aliphatic heterocycles. The highest BCUT2D eigenvalue weighted by Crippen LogP contribution is 2.47. The molecule has 0 heterocycles. The van der Waals surface area contributed by atoms with Gasteiger partial charge < -0.3 is 5.32 Å². The van der Waals surface area contributed by atoms with Crippen LogP contribution in [0.5, 0.6) is 0 Å². The highest BCUT2D eigenvalue weighted by atomic mass is 35.5. The van der Waals surface area contributed by atoms with Gasteiger partial charge in [-0.05, 0) is 30.5 Å². The van der Waals surface area contributed by atoms with Crippen LogP contribution in [0.1, 0.15) is 31.7 Å². The van der Waals surface area contributed by atoms with Gasteiger partial charge in [-0.25, -0.2) is 0 Å².